The van der Waals surface area contributed by atoms with Crippen LogP contribution in [0.2, 0.25) is 0 Å². The van der Waals surface area contributed by atoms with E-state index in [1.54, 1.807) is 0 Å². The highest BCUT2D eigenvalue weighted by atomic mass is 19.1. The van der Waals surface area contributed by atoms with Crippen LogP contribution in [0, 0.1) is 11.6 Å². The van der Waals surface area contributed by atoms with E-state index in [1.165, 1.54) is 0 Å². The van der Waals surface area contributed by atoms with Crippen LogP contribution in [0.25, 0.3) is 0 Å². The first-order valence-corrected chi connectivity index (χ1v) is 4.41. The van der Waals surface area contributed by atoms with E-state index in [-0.39, 0.29) is 12.0 Å². The molecule has 86 valence electrons. The van der Waals surface area contributed by atoms with E-state index >= 15 is 0 Å². The maximum absolute atomic E-state index is 12.8. The van der Waals surface area contributed by atoms with Gasteiger partial charge in [-0.25, -0.2) is 13.6 Å². The van der Waals surface area contributed by atoms with E-state index < -0.39 is 23.8 Å². The number of benzene rings is 1. The van der Waals surface area contributed by atoms with Crippen molar-refractivity contribution in [3.05, 3.63) is 35.4 Å². The molecule has 16 heavy (non-hydrogen) atoms. The molecule has 0 fully saturated rings. The third-order valence-corrected chi connectivity index (χ3v) is 1.85. The fourth-order valence-corrected chi connectivity index (χ4v) is 1.27. The molecular formula is C10H9F2NO3. The van der Waals surface area contributed by atoms with Crippen LogP contribution in [-0.4, -0.2) is 23.5 Å². The van der Waals surface area contributed by atoms with Gasteiger partial charge in [-0.05, 0) is 24.1 Å². The third-order valence-electron chi connectivity index (χ3n) is 1.85. The number of carbonyl (C=O) groups is 2. The van der Waals surface area contributed by atoms with Gasteiger partial charge in [-0.3, -0.25) is 0 Å². The molecule has 1 aromatic carbocycles. The Morgan fingerprint density at radius 3 is 2.38 bits per heavy atom. The van der Waals surface area contributed by atoms with Crippen molar-refractivity contribution in [2.45, 2.75) is 12.5 Å². The Balaban J connectivity index is 2.77. The van der Waals surface area contributed by atoms with Crippen LogP contribution in [0.3, 0.4) is 0 Å². The monoisotopic (exact) mass is 229 g/mol. The zero-order valence-electron chi connectivity index (χ0n) is 8.11. The largest absolute Gasteiger partial charge is 0.465 e. The lowest BCUT2D eigenvalue weighted by molar-refractivity contribution is -0.109. The summed E-state index contributed by atoms with van der Waals surface area (Å²) in [6, 6.07) is 1.77. The first-order chi connectivity index (χ1) is 7.51. The highest BCUT2D eigenvalue weighted by molar-refractivity contribution is 5.71. The Kier molecular flexibility index (Phi) is 3.93. The van der Waals surface area contributed by atoms with E-state index in [1.807, 2.05) is 5.32 Å². The van der Waals surface area contributed by atoms with Crippen molar-refractivity contribution in [2.24, 2.45) is 0 Å². The molecule has 0 aromatic heterocycles. The quantitative estimate of drug-likeness (QED) is 0.765. The highest BCUT2D eigenvalue weighted by Crippen LogP contribution is 2.09. The van der Waals surface area contributed by atoms with E-state index in [9.17, 15) is 18.4 Å². The van der Waals surface area contributed by atoms with Crippen LogP contribution in [0.1, 0.15) is 5.56 Å². The lowest BCUT2D eigenvalue weighted by atomic mass is 10.1. The SMILES string of the molecule is O=CC(Cc1cc(F)cc(F)c1)NC(=O)O. The minimum atomic E-state index is -1.37. The Hall–Kier alpha value is -1.98. The van der Waals surface area contributed by atoms with Crippen LogP contribution in [0.15, 0.2) is 18.2 Å². The second kappa shape index (κ2) is 5.20. The molecule has 1 aromatic rings. The van der Waals surface area contributed by atoms with Gasteiger partial charge in [-0.2, -0.15) is 0 Å². The summed E-state index contributed by atoms with van der Waals surface area (Å²) in [5.41, 5.74) is 0.211. The zero-order valence-corrected chi connectivity index (χ0v) is 8.11. The van der Waals surface area contributed by atoms with Gasteiger partial charge in [0.1, 0.15) is 17.9 Å². The van der Waals surface area contributed by atoms with Crippen LogP contribution >= 0.6 is 0 Å². The number of hydrogen-bond acceptors (Lipinski definition) is 2. The van der Waals surface area contributed by atoms with Crippen LogP contribution < -0.4 is 5.32 Å². The van der Waals surface area contributed by atoms with Gasteiger partial charge < -0.3 is 15.2 Å². The zero-order chi connectivity index (χ0) is 12.1. The van der Waals surface area contributed by atoms with Gasteiger partial charge in [0.25, 0.3) is 0 Å². The topological polar surface area (TPSA) is 66.4 Å². The molecule has 1 unspecified atom stereocenters. The summed E-state index contributed by atoms with van der Waals surface area (Å²) in [6.07, 6.45) is -1.09. The Morgan fingerprint density at radius 2 is 1.94 bits per heavy atom. The fourth-order valence-electron chi connectivity index (χ4n) is 1.27. The van der Waals surface area contributed by atoms with Gasteiger partial charge in [0, 0.05) is 6.07 Å². The molecule has 0 saturated heterocycles. The Bertz CT molecular complexity index is 389. The maximum atomic E-state index is 12.8. The predicted molar refractivity (Wildman–Crippen MR) is 51.1 cm³/mol. The predicted octanol–water partition coefficient (Wildman–Crippen LogP) is 1.34. The van der Waals surface area contributed by atoms with Crippen molar-refractivity contribution in [3.63, 3.8) is 0 Å². The molecule has 4 nitrogen and oxygen atoms in total. The van der Waals surface area contributed by atoms with E-state index in [0.29, 0.717) is 12.4 Å². The first kappa shape index (κ1) is 12.1. The van der Waals surface area contributed by atoms with Crippen molar-refractivity contribution in [2.75, 3.05) is 0 Å². The molecule has 0 heterocycles. The van der Waals surface area contributed by atoms with Gasteiger partial charge in [0.2, 0.25) is 0 Å². The standard InChI is InChI=1S/C10H9F2NO3/c11-7-1-6(2-8(12)4-7)3-9(5-14)13-10(15)16/h1-2,4-5,9,13H,3H2,(H,15,16). The molecular weight excluding hydrogens is 220 g/mol. The summed E-state index contributed by atoms with van der Waals surface area (Å²) in [6.45, 7) is 0. The van der Waals surface area contributed by atoms with Gasteiger partial charge in [0.15, 0.2) is 0 Å². The maximum Gasteiger partial charge on any atom is 0.405 e. The number of rotatable bonds is 4. The molecule has 0 aliphatic carbocycles. The lowest BCUT2D eigenvalue weighted by Gasteiger charge is -2.10. The summed E-state index contributed by atoms with van der Waals surface area (Å²) in [4.78, 5) is 20.8. The summed E-state index contributed by atoms with van der Waals surface area (Å²) >= 11 is 0. The number of aldehydes is 1. The fraction of sp³-hybridized carbons (Fsp3) is 0.200. The smallest absolute Gasteiger partial charge is 0.405 e. The van der Waals surface area contributed by atoms with Crippen molar-refractivity contribution in [3.8, 4) is 0 Å². The number of carboxylic acid groups (broad SMARTS) is 1. The van der Waals surface area contributed by atoms with Gasteiger partial charge >= 0.3 is 6.09 Å². The highest BCUT2D eigenvalue weighted by Gasteiger charge is 2.12. The van der Waals surface area contributed by atoms with Crippen LogP contribution in [0.4, 0.5) is 13.6 Å². The van der Waals surface area contributed by atoms with Crippen LogP contribution in [0.5, 0.6) is 0 Å². The number of hydrogen-bond donors (Lipinski definition) is 2. The molecule has 2 N–H and O–H groups in total. The summed E-state index contributed by atoms with van der Waals surface area (Å²) < 4.78 is 25.6. The minimum absolute atomic E-state index is 0.0928. The molecule has 1 atom stereocenters. The van der Waals surface area contributed by atoms with Crippen LogP contribution in [-0.2, 0) is 11.2 Å². The second-order valence-corrected chi connectivity index (χ2v) is 3.17. The van der Waals surface area contributed by atoms with E-state index in [0.717, 1.165) is 12.1 Å². The average Bonchev–Trinajstić information content (AvgIpc) is 2.14. The Labute approximate surface area is 89.9 Å². The van der Waals surface area contributed by atoms with Crippen molar-refractivity contribution in [1.29, 1.82) is 0 Å². The summed E-state index contributed by atoms with van der Waals surface area (Å²) in [7, 11) is 0. The van der Waals surface area contributed by atoms with Gasteiger partial charge in [-0.15, -0.1) is 0 Å². The second-order valence-electron chi connectivity index (χ2n) is 3.17. The molecule has 0 radical (unpaired) electrons. The van der Waals surface area contributed by atoms with Crippen molar-refractivity contribution in [1.82, 2.24) is 5.32 Å². The molecule has 6 heteroatoms. The molecule has 0 aliphatic rings. The average molecular weight is 229 g/mol. The van der Waals surface area contributed by atoms with E-state index in [4.69, 9.17) is 5.11 Å². The summed E-state index contributed by atoms with van der Waals surface area (Å²) in [5.74, 6) is -1.54. The number of halogens is 2. The molecule has 0 bridgehead atoms. The molecule has 1 rings (SSSR count). The van der Waals surface area contributed by atoms with Gasteiger partial charge in [0.05, 0.1) is 6.04 Å². The molecule has 0 spiro atoms. The lowest BCUT2D eigenvalue weighted by Crippen LogP contribution is -2.36. The van der Waals surface area contributed by atoms with Crippen molar-refractivity contribution >= 4 is 12.4 Å². The minimum Gasteiger partial charge on any atom is -0.465 e. The molecule has 0 aliphatic heterocycles. The number of carbonyl (C=O) groups excluding carboxylic acids is 1. The third kappa shape index (κ3) is 3.64. The number of amides is 1. The number of nitrogens with one attached hydrogen (secondary N) is 1. The summed E-state index contributed by atoms with van der Waals surface area (Å²) in [5, 5.41) is 10.3. The van der Waals surface area contributed by atoms with Gasteiger partial charge in [-0.1, -0.05) is 0 Å². The van der Waals surface area contributed by atoms with Crippen molar-refractivity contribution < 1.29 is 23.5 Å². The normalized spacial score (nSPS) is 11.9. The first-order valence-electron chi connectivity index (χ1n) is 4.41. The molecule has 1 amide bonds. The van der Waals surface area contributed by atoms with E-state index in [2.05, 4.69) is 0 Å². The Morgan fingerprint density at radius 1 is 1.38 bits per heavy atom. The molecule has 0 saturated carbocycles.